The normalized spacial score (nSPS) is 10.7. The molecule has 0 atom stereocenters. The number of hydrogen-bond acceptors (Lipinski definition) is 1. The Morgan fingerprint density at radius 3 is 2.48 bits per heavy atom. The molecule has 4 heteroatoms. The average molecular weight is 344 g/mol. The molecule has 116 valence electrons. The lowest BCUT2D eigenvalue weighted by atomic mass is 10.1. The summed E-state index contributed by atoms with van der Waals surface area (Å²) in [5.74, 6) is -0.148. The summed E-state index contributed by atoms with van der Waals surface area (Å²) < 4.78 is 0. The van der Waals surface area contributed by atoms with Gasteiger partial charge in [-0.05, 0) is 34.5 Å². The molecule has 3 aromatic rings. The van der Waals surface area contributed by atoms with Crippen LogP contribution in [0.4, 0.5) is 0 Å². The number of benzene rings is 3. The fourth-order valence-electron chi connectivity index (χ4n) is 2.56. The zero-order chi connectivity index (χ0) is 16.4. The van der Waals surface area contributed by atoms with Gasteiger partial charge in [0, 0.05) is 13.6 Å². The van der Waals surface area contributed by atoms with Crippen LogP contribution in [-0.2, 0) is 6.54 Å². The molecule has 0 bridgehead atoms. The van der Waals surface area contributed by atoms with Gasteiger partial charge in [-0.15, -0.1) is 0 Å². The van der Waals surface area contributed by atoms with Gasteiger partial charge in [0.2, 0.25) is 0 Å². The zero-order valence-electron chi connectivity index (χ0n) is 12.6. The standard InChI is InChI=1S/C19H15Cl2NO/c1-22(19(23)16-7-4-8-17(20)18(16)21)12-13-9-10-14-5-2-3-6-15(14)11-13/h2-11H,12H2,1H3. The molecular formula is C19H15Cl2NO. The first-order valence-electron chi connectivity index (χ1n) is 7.23. The topological polar surface area (TPSA) is 20.3 Å². The molecule has 0 spiro atoms. The van der Waals surface area contributed by atoms with Crippen LogP contribution >= 0.6 is 23.2 Å². The third-order valence-corrected chi connectivity index (χ3v) is 4.58. The molecule has 0 aliphatic heterocycles. The fraction of sp³-hybridized carbons (Fsp3) is 0.105. The quantitative estimate of drug-likeness (QED) is 0.621. The van der Waals surface area contributed by atoms with E-state index in [0.717, 1.165) is 10.9 Å². The van der Waals surface area contributed by atoms with E-state index in [1.807, 2.05) is 18.2 Å². The molecule has 0 aliphatic carbocycles. The molecule has 3 aromatic carbocycles. The maximum absolute atomic E-state index is 12.6. The van der Waals surface area contributed by atoms with Gasteiger partial charge < -0.3 is 4.90 Å². The molecule has 0 saturated heterocycles. The maximum Gasteiger partial charge on any atom is 0.255 e. The molecule has 3 rings (SSSR count). The van der Waals surface area contributed by atoms with E-state index in [0.29, 0.717) is 22.2 Å². The van der Waals surface area contributed by atoms with Crippen LogP contribution in [0.15, 0.2) is 60.7 Å². The van der Waals surface area contributed by atoms with Crippen LogP contribution in [0, 0.1) is 0 Å². The van der Waals surface area contributed by atoms with Gasteiger partial charge in [0.05, 0.1) is 15.6 Å². The van der Waals surface area contributed by atoms with E-state index >= 15 is 0 Å². The third-order valence-electron chi connectivity index (χ3n) is 3.76. The first-order valence-corrected chi connectivity index (χ1v) is 7.99. The summed E-state index contributed by atoms with van der Waals surface area (Å²) in [5, 5.41) is 3.02. The highest BCUT2D eigenvalue weighted by Gasteiger charge is 2.17. The van der Waals surface area contributed by atoms with Crippen LogP contribution in [-0.4, -0.2) is 17.9 Å². The van der Waals surface area contributed by atoms with Crippen LogP contribution in [0.2, 0.25) is 10.0 Å². The Hall–Kier alpha value is -2.03. The van der Waals surface area contributed by atoms with Gasteiger partial charge in [0.15, 0.2) is 0 Å². The van der Waals surface area contributed by atoms with E-state index in [-0.39, 0.29) is 5.91 Å². The molecule has 2 nitrogen and oxygen atoms in total. The molecule has 0 saturated carbocycles. The molecule has 0 N–H and O–H groups in total. The minimum Gasteiger partial charge on any atom is -0.337 e. The van der Waals surface area contributed by atoms with Crippen molar-refractivity contribution in [2.24, 2.45) is 0 Å². The van der Waals surface area contributed by atoms with E-state index in [9.17, 15) is 4.79 Å². The predicted molar refractivity (Wildman–Crippen MR) is 96.2 cm³/mol. The molecule has 0 aliphatic rings. The monoisotopic (exact) mass is 343 g/mol. The summed E-state index contributed by atoms with van der Waals surface area (Å²) in [6.45, 7) is 0.506. The number of nitrogens with zero attached hydrogens (tertiary/aromatic N) is 1. The molecule has 0 heterocycles. The van der Waals surface area contributed by atoms with E-state index in [2.05, 4.69) is 24.3 Å². The van der Waals surface area contributed by atoms with Gasteiger partial charge in [0.1, 0.15) is 0 Å². The molecule has 0 fully saturated rings. The second kappa shape index (κ2) is 6.61. The largest absolute Gasteiger partial charge is 0.337 e. The zero-order valence-corrected chi connectivity index (χ0v) is 14.1. The van der Waals surface area contributed by atoms with Gasteiger partial charge in [0.25, 0.3) is 5.91 Å². The van der Waals surface area contributed by atoms with Crippen molar-refractivity contribution in [3.63, 3.8) is 0 Å². The molecule has 1 amide bonds. The van der Waals surface area contributed by atoms with Crippen LogP contribution < -0.4 is 0 Å². The van der Waals surface area contributed by atoms with Crippen LogP contribution in [0.1, 0.15) is 15.9 Å². The Kier molecular flexibility index (Phi) is 4.56. The van der Waals surface area contributed by atoms with E-state index in [4.69, 9.17) is 23.2 Å². The molecule has 0 aromatic heterocycles. The number of carbonyl (C=O) groups is 1. The second-order valence-electron chi connectivity index (χ2n) is 5.44. The Balaban J connectivity index is 1.83. The number of halogens is 2. The first kappa shape index (κ1) is 15.9. The van der Waals surface area contributed by atoms with Crippen molar-refractivity contribution >= 4 is 39.9 Å². The summed E-state index contributed by atoms with van der Waals surface area (Å²) >= 11 is 12.1. The third kappa shape index (κ3) is 3.34. The van der Waals surface area contributed by atoms with E-state index in [1.54, 1.807) is 30.1 Å². The molecule has 0 unspecified atom stereocenters. The molecule has 0 radical (unpaired) electrons. The van der Waals surface area contributed by atoms with Gasteiger partial charge in [-0.25, -0.2) is 0 Å². The van der Waals surface area contributed by atoms with Crippen molar-refractivity contribution in [1.82, 2.24) is 4.90 Å². The Morgan fingerprint density at radius 2 is 1.70 bits per heavy atom. The smallest absolute Gasteiger partial charge is 0.255 e. The summed E-state index contributed by atoms with van der Waals surface area (Å²) in [5.41, 5.74) is 1.49. The highest BCUT2D eigenvalue weighted by Crippen LogP contribution is 2.26. The van der Waals surface area contributed by atoms with Crippen molar-refractivity contribution in [2.45, 2.75) is 6.54 Å². The lowest BCUT2D eigenvalue weighted by Gasteiger charge is -2.18. The van der Waals surface area contributed by atoms with Gasteiger partial charge in [-0.3, -0.25) is 4.79 Å². The summed E-state index contributed by atoms with van der Waals surface area (Å²) in [7, 11) is 1.76. The minimum absolute atomic E-state index is 0.148. The maximum atomic E-state index is 12.6. The average Bonchev–Trinajstić information content (AvgIpc) is 2.56. The fourth-order valence-corrected chi connectivity index (χ4v) is 2.94. The number of hydrogen-bond donors (Lipinski definition) is 0. The van der Waals surface area contributed by atoms with Gasteiger partial charge in [-0.2, -0.15) is 0 Å². The van der Waals surface area contributed by atoms with Crippen LogP contribution in [0.3, 0.4) is 0 Å². The van der Waals surface area contributed by atoms with E-state index < -0.39 is 0 Å². The highest BCUT2D eigenvalue weighted by molar-refractivity contribution is 6.43. The minimum atomic E-state index is -0.148. The SMILES string of the molecule is CN(Cc1ccc2ccccc2c1)C(=O)c1cccc(Cl)c1Cl. The summed E-state index contributed by atoms with van der Waals surface area (Å²) in [6, 6.07) is 19.4. The van der Waals surface area contributed by atoms with Crippen molar-refractivity contribution in [1.29, 1.82) is 0 Å². The Bertz CT molecular complexity index is 876. The van der Waals surface area contributed by atoms with Crippen LogP contribution in [0.25, 0.3) is 10.8 Å². The lowest BCUT2D eigenvalue weighted by molar-refractivity contribution is 0.0785. The molecule has 23 heavy (non-hydrogen) atoms. The number of rotatable bonds is 3. The van der Waals surface area contributed by atoms with Gasteiger partial charge in [-0.1, -0.05) is 65.7 Å². The number of amides is 1. The predicted octanol–water partition coefficient (Wildman–Crippen LogP) is 5.42. The van der Waals surface area contributed by atoms with Crippen molar-refractivity contribution in [2.75, 3.05) is 7.05 Å². The lowest BCUT2D eigenvalue weighted by Crippen LogP contribution is -2.26. The van der Waals surface area contributed by atoms with Gasteiger partial charge >= 0.3 is 0 Å². The number of carbonyl (C=O) groups excluding carboxylic acids is 1. The molecular weight excluding hydrogens is 329 g/mol. The van der Waals surface area contributed by atoms with Crippen molar-refractivity contribution in [3.8, 4) is 0 Å². The highest BCUT2D eigenvalue weighted by atomic mass is 35.5. The van der Waals surface area contributed by atoms with Crippen molar-refractivity contribution < 1.29 is 4.79 Å². The number of fused-ring (bicyclic) bond motifs is 1. The summed E-state index contributed by atoms with van der Waals surface area (Å²) in [6.07, 6.45) is 0. The van der Waals surface area contributed by atoms with Crippen LogP contribution in [0.5, 0.6) is 0 Å². The second-order valence-corrected chi connectivity index (χ2v) is 6.23. The first-order chi connectivity index (χ1) is 11.1. The Morgan fingerprint density at radius 1 is 0.957 bits per heavy atom. The summed E-state index contributed by atoms with van der Waals surface area (Å²) in [4.78, 5) is 14.2. The Labute approximate surface area is 145 Å². The van der Waals surface area contributed by atoms with Crippen molar-refractivity contribution in [3.05, 3.63) is 81.8 Å². The van der Waals surface area contributed by atoms with E-state index in [1.165, 1.54) is 5.39 Å².